The molecule has 9 nitrogen and oxygen atoms in total. The Bertz CT molecular complexity index is 997. The first kappa shape index (κ1) is 20.6. The summed E-state index contributed by atoms with van der Waals surface area (Å²) in [6, 6.07) is 3.14. The minimum absolute atomic E-state index is 0.0920. The van der Waals surface area contributed by atoms with E-state index in [9.17, 15) is 19.2 Å². The molecular formula is C17H16Br2N4O5. The van der Waals surface area contributed by atoms with Crippen molar-refractivity contribution in [1.29, 1.82) is 0 Å². The molecular weight excluding hydrogens is 500 g/mol. The average molecular weight is 516 g/mol. The second-order valence-corrected chi connectivity index (χ2v) is 7.93. The van der Waals surface area contributed by atoms with Crippen molar-refractivity contribution in [3.05, 3.63) is 37.1 Å². The molecule has 28 heavy (non-hydrogen) atoms. The van der Waals surface area contributed by atoms with Crippen molar-refractivity contribution in [2.24, 2.45) is 13.0 Å². The van der Waals surface area contributed by atoms with E-state index in [1.165, 1.54) is 13.1 Å². The molecule has 1 saturated carbocycles. The zero-order valence-corrected chi connectivity index (χ0v) is 18.0. The number of aromatic nitrogens is 4. The molecule has 0 atom stereocenters. The predicted molar refractivity (Wildman–Crippen MR) is 104 cm³/mol. The molecule has 1 aromatic carbocycles. The molecule has 1 aliphatic rings. The number of rotatable bonds is 6. The minimum Gasteiger partial charge on any atom is -0.489 e. The second-order valence-electron chi connectivity index (χ2n) is 6.28. The van der Waals surface area contributed by atoms with Gasteiger partial charge in [-0.3, -0.25) is 14.4 Å². The number of tetrazole rings is 1. The summed E-state index contributed by atoms with van der Waals surface area (Å²) in [6.07, 6.45) is 0.943. The molecule has 1 aromatic heterocycles. The summed E-state index contributed by atoms with van der Waals surface area (Å²) in [5.74, 6) is -2.15. The summed E-state index contributed by atoms with van der Waals surface area (Å²) >= 11 is 6.70. The zero-order valence-electron chi connectivity index (χ0n) is 14.9. The van der Waals surface area contributed by atoms with Crippen molar-refractivity contribution in [1.82, 2.24) is 19.8 Å². The van der Waals surface area contributed by atoms with Gasteiger partial charge in [0.25, 0.3) is 0 Å². The van der Waals surface area contributed by atoms with Crippen LogP contribution < -0.4 is 10.4 Å². The number of hydrogen-bond donors (Lipinski definition) is 0. The Kier molecular flexibility index (Phi) is 6.23. The van der Waals surface area contributed by atoms with Gasteiger partial charge in [0, 0.05) is 25.5 Å². The molecule has 148 valence electrons. The third-order valence-electron chi connectivity index (χ3n) is 4.40. The summed E-state index contributed by atoms with van der Waals surface area (Å²) < 4.78 is 8.87. The zero-order chi connectivity index (χ0) is 20.4. The fraction of sp³-hybridized carbons (Fsp3) is 0.412. The van der Waals surface area contributed by atoms with E-state index in [0.717, 1.165) is 9.36 Å². The first-order chi connectivity index (χ1) is 13.3. The SMILES string of the molecule is Cn1nnn(CCOc2c(Br)ccc(C(=O)C3C(=O)CCCC3=O)c2Br)c1=O. The van der Waals surface area contributed by atoms with Gasteiger partial charge < -0.3 is 4.74 Å². The van der Waals surface area contributed by atoms with Crippen molar-refractivity contribution in [3.8, 4) is 5.75 Å². The van der Waals surface area contributed by atoms with Crippen molar-refractivity contribution >= 4 is 49.2 Å². The molecule has 0 amide bonds. The highest BCUT2D eigenvalue weighted by atomic mass is 79.9. The highest BCUT2D eigenvalue weighted by molar-refractivity contribution is 9.11. The van der Waals surface area contributed by atoms with E-state index in [4.69, 9.17) is 4.74 Å². The summed E-state index contributed by atoms with van der Waals surface area (Å²) in [7, 11) is 1.49. The van der Waals surface area contributed by atoms with Crippen LogP contribution in [-0.2, 0) is 23.2 Å². The largest absolute Gasteiger partial charge is 0.489 e. The van der Waals surface area contributed by atoms with Crippen LogP contribution in [0.1, 0.15) is 29.6 Å². The molecule has 1 aliphatic carbocycles. The van der Waals surface area contributed by atoms with Crippen LogP contribution in [0.3, 0.4) is 0 Å². The second kappa shape index (κ2) is 8.48. The average Bonchev–Trinajstić information content (AvgIpc) is 2.96. The van der Waals surface area contributed by atoms with E-state index < -0.39 is 11.7 Å². The lowest BCUT2D eigenvalue weighted by Gasteiger charge is -2.20. The number of hydrogen-bond acceptors (Lipinski definition) is 7. The van der Waals surface area contributed by atoms with E-state index in [2.05, 4.69) is 42.3 Å². The molecule has 11 heteroatoms. The minimum atomic E-state index is -1.25. The number of nitrogens with zero attached hydrogens (tertiary/aromatic N) is 4. The quantitative estimate of drug-likeness (QED) is 0.425. The molecule has 1 heterocycles. The lowest BCUT2D eigenvalue weighted by molar-refractivity contribution is -0.133. The number of carbonyl (C=O) groups is 3. The Balaban J connectivity index is 1.80. The van der Waals surface area contributed by atoms with Gasteiger partial charge in [0.15, 0.2) is 17.3 Å². The standard InChI is InChI=1S/C17H16Br2N4O5/c1-22-17(27)23(21-20-22)7-8-28-16-10(18)6-5-9(14(16)19)15(26)13-11(24)3-2-4-12(13)25/h5-6,13H,2-4,7-8H2,1H3. The molecule has 0 unspecified atom stereocenters. The van der Waals surface area contributed by atoms with Gasteiger partial charge in [0.1, 0.15) is 18.3 Å². The van der Waals surface area contributed by atoms with Crippen molar-refractivity contribution in [3.63, 3.8) is 0 Å². The number of Topliss-reactive ketones (excluding diaryl/α,β-unsaturated/α-hetero) is 3. The summed E-state index contributed by atoms with van der Waals surface area (Å²) in [4.78, 5) is 48.8. The highest BCUT2D eigenvalue weighted by Gasteiger charge is 2.37. The van der Waals surface area contributed by atoms with Crippen molar-refractivity contribution < 1.29 is 19.1 Å². The van der Waals surface area contributed by atoms with E-state index in [-0.39, 0.29) is 48.8 Å². The lowest BCUT2D eigenvalue weighted by atomic mass is 9.81. The van der Waals surface area contributed by atoms with Crippen LogP contribution in [0.5, 0.6) is 5.75 Å². The van der Waals surface area contributed by atoms with Gasteiger partial charge in [-0.25, -0.2) is 4.79 Å². The summed E-state index contributed by atoms with van der Waals surface area (Å²) in [6.45, 7) is 0.248. The van der Waals surface area contributed by atoms with Crippen LogP contribution in [0.4, 0.5) is 0 Å². The third-order valence-corrected chi connectivity index (χ3v) is 5.81. The molecule has 0 radical (unpaired) electrons. The molecule has 2 aromatic rings. The van der Waals surface area contributed by atoms with Gasteiger partial charge in [-0.1, -0.05) is 0 Å². The Morgan fingerprint density at radius 1 is 1.18 bits per heavy atom. The van der Waals surface area contributed by atoms with Crippen LogP contribution in [0.2, 0.25) is 0 Å². The third kappa shape index (κ3) is 4.00. The Hall–Kier alpha value is -2.14. The Morgan fingerprint density at radius 2 is 1.86 bits per heavy atom. The normalized spacial score (nSPS) is 15.1. The number of benzene rings is 1. The maximum absolute atomic E-state index is 12.8. The Labute approximate surface area is 176 Å². The summed E-state index contributed by atoms with van der Waals surface area (Å²) in [5.41, 5.74) is -0.177. The van der Waals surface area contributed by atoms with Gasteiger partial charge in [-0.2, -0.15) is 9.36 Å². The topological polar surface area (TPSA) is 113 Å². The predicted octanol–water partition coefficient (Wildman–Crippen LogP) is 1.70. The molecule has 1 fully saturated rings. The van der Waals surface area contributed by atoms with Crippen LogP contribution >= 0.6 is 31.9 Å². The number of carbonyl (C=O) groups excluding carboxylic acids is 3. The lowest BCUT2D eigenvalue weighted by Crippen LogP contribution is -2.35. The first-order valence-corrected chi connectivity index (χ1v) is 10.1. The smallest absolute Gasteiger partial charge is 0.363 e. The van der Waals surface area contributed by atoms with E-state index in [1.54, 1.807) is 6.07 Å². The highest BCUT2D eigenvalue weighted by Crippen LogP contribution is 2.37. The number of ketones is 3. The first-order valence-electron chi connectivity index (χ1n) is 8.48. The molecule has 0 bridgehead atoms. The Morgan fingerprint density at radius 3 is 2.46 bits per heavy atom. The molecule has 0 saturated heterocycles. The van der Waals surface area contributed by atoms with Crippen molar-refractivity contribution in [2.75, 3.05) is 6.61 Å². The van der Waals surface area contributed by atoms with Crippen LogP contribution in [-0.4, -0.2) is 43.7 Å². The maximum Gasteiger partial charge on any atom is 0.363 e. The van der Waals surface area contributed by atoms with Gasteiger partial charge in [-0.05, 0) is 60.8 Å². The number of aryl methyl sites for hydroxylation is 1. The van der Waals surface area contributed by atoms with Gasteiger partial charge in [0.2, 0.25) is 0 Å². The monoisotopic (exact) mass is 514 g/mol. The van der Waals surface area contributed by atoms with E-state index in [1.807, 2.05) is 0 Å². The van der Waals surface area contributed by atoms with Gasteiger partial charge in [0.05, 0.1) is 15.5 Å². The van der Waals surface area contributed by atoms with E-state index in [0.29, 0.717) is 21.1 Å². The van der Waals surface area contributed by atoms with Crippen LogP contribution in [0.25, 0.3) is 0 Å². The van der Waals surface area contributed by atoms with Crippen molar-refractivity contribution in [2.45, 2.75) is 25.8 Å². The number of halogens is 2. The molecule has 0 aliphatic heterocycles. The van der Waals surface area contributed by atoms with E-state index >= 15 is 0 Å². The molecule has 3 rings (SSSR count). The van der Waals surface area contributed by atoms with Crippen LogP contribution in [0.15, 0.2) is 25.9 Å². The fourth-order valence-electron chi connectivity index (χ4n) is 2.93. The van der Waals surface area contributed by atoms with Crippen LogP contribution in [0, 0.1) is 5.92 Å². The van der Waals surface area contributed by atoms with Gasteiger partial charge >= 0.3 is 5.69 Å². The van der Waals surface area contributed by atoms with Gasteiger partial charge in [-0.15, -0.1) is 0 Å². The molecule has 0 spiro atoms. The maximum atomic E-state index is 12.8. The summed E-state index contributed by atoms with van der Waals surface area (Å²) in [5, 5.41) is 7.31. The molecule has 0 N–H and O–H groups in total. The fourth-order valence-corrected chi connectivity index (χ4v) is 4.30. The number of ether oxygens (including phenoxy) is 1.